The first-order valence-corrected chi connectivity index (χ1v) is 25.7. The van der Waals surface area contributed by atoms with Crippen molar-refractivity contribution in [3.63, 3.8) is 0 Å². The lowest BCUT2D eigenvalue weighted by molar-refractivity contribution is -0.121. The molecule has 3 heterocycles. The van der Waals surface area contributed by atoms with Crippen molar-refractivity contribution in [2.24, 2.45) is 0 Å². The quantitative estimate of drug-likeness (QED) is 0.0311. The minimum Gasteiger partial charge on any atom is -0.448 e. The highest BCUT2D eigenvalue weighted by atomic mass is 35.5. The summed E-state index contributed by atoms with van der Waals surface area (Å²) in [5.41, 5.74) is 1.45. The van der Waals surface area contributed by atoms with Crippen LogP contribution in [0.4, 0.5) is 27.2 Å². The SMILES string of the molecule is CCC=CCC=CCC=CCC=CCC=CCCCC(=O)NCCSSCCNC(=O)OCCN1CCN(c2cc(Nc3ncc(C(=O)Nc4c(C)cccc4Cl)s3)nc(C)n2)CC1. The molecule has 0 radical (unpaired) electrons. The van der Waals surface area contributed by atoms with Crippen LogP contribution in [0.5, 0.6) is 0 Å². The van der Waals surface area contributed by atoms with Gasteiger partial charge in [-0.1, -0.05) is 124 Å². The Labute approximate surface area is 396 Å². The molecule has 4 N–H and O–H groups in total. The Hall–Kier alpha value is -4.61. The van der Waals surface area contributed by atoms with Crippen LogP contribution in [0.3, 0.4) is 0 Å². The number of anilines is 4. The number of carbonyl (C=O) groups is 3. The maximum absolute atomic E-state index is 12.9. The van der Waals surface area contributed by atoms with E-state index in [1.165, 1.54) is 17.5 Å². The number of allylic oxidation sites excluding steroid dienone is 10. The molecule has 17 heteroatoms. The lowest BCUT2D eigenvalue weighted by Crippen LogP contribution is -2.48. The van der Waals surface area contributed by atoms with E-state index in [2.05, 4.69) is 114 Å². The van der Waals surface area contributed by atoms with Gasteiger partial charge in [-0.3, -0.25) is 14.5 Å². The molecular formula is C47H64ClN9O4S3. The Bertz CT molecular complexity index is 2010. The number of nitrogens with one attached hydrogen (secondary N) is 4. The molecule has 0 saturated carbocycles. The van der Waals surface area contributed by atoms with Gasteiger partial charge in [0.05, 0.1) is 16.9 Å². The van der Waals surface area contributed by atoms with E-state index in [0.717, 1.165) is 94.0 Å². The summed E-state index contributed by atoms with van der Waals surface area (Å²) in [6.45, 7) is 11.1. The van der Waals surface area contributed by atoms with Crippen LogP contribution in [0.2, 0.25) is 5.02 Å². The highest BCUT2D eigenvalue weighted by Gasteiger charge is 2.20. The van der Waals surface area contributed by atoms with Gasteiger partial charge in [0.1, 0.15) is 28.9 Å². The van der Waals surface area contributed by atoms with Crippen LogP contribution >= 0.6 is 44.5 Å². The largest absolute Gasteiger partial charge is 0.448 e. The molecule has 346 valence electrons. The molecule has 3 aromatic rings. The minimum atomic E-state index is -0.416. The number of unbranched alkanes of at least 4 members (excludes halogenated alkanes) is 1. The normalized spacial score (nSPS) is 13.5. The number of thiazole rings is 1. The third-order valence-corrected chi connectivity index (χ3v) is 13.2. The van der Waals surface area contributed by atoms with Gasteiger partial charge in [0.25, 0.3) is 5.91 Å². The van der Waals surface area contributed by atoms with Crippen molar-refractivity contribution >= 4 is 84.9 Å². The van der Waals surface area contributed by atoms with Crippen molar-refractivity contribution in [1.82, 2.24) is 30.5 Å². The van der Waals surface area contributed by atoms with Crippen molar-refractivity contribution in [2.75, 3.05) is 79.5 Å². The Kier molecular flexibility index (Phi) is 25.4. The number of aryl methyl sites for hydroxylation is 2. The molecule has 4 rings (SSSR count). The lowest BCUT2D eigenvalue weighted by atomic mass is 10.2. The van der Waals surface area contributed by atoms with Gasteiger partial charge in [-0.25, -0.2) is 19.7 Å². The van der Waals surface area contributed by atoms with Crippen LogP contribution in [0, 0.1) is 13.8 Å². The van der Waals surface area contributed by atoms with Gasteiger partial charge in [-0.2, -0.15) is 0 Å². The van der Waals surface area contributed by atoms with Crippen LogP contribution in [0.15, 0.2) is 91.2 Å². The number of amides is 3. The van der Waals surface area contributed by atoms with Crippen molar-refractivity contribution in [3.8, 4) is 0 Å². The minimum absolute atomic E-state index is 0.0885. The number of ether oxygens (including phenoxy) is 1. The summed E-state index contributed by atoms with van der Waals surface area (Å²) in [5.74, 6) is 3.36. The number of rotatable bonds is 28. The van der Waals surface area contributed by atoms with E-state index < -0.39 is 6.09 Å². The van der Waals surface area contributed by atoms with E-state index in [0.29, 0.717) is 65.0 Å². The number of alkyl carbamates (subject to hydrolysis) is 1. The topological polar surface area (TPSA) is 154 Å². The molecule has 1 aliphatic rings. The molecule has 1 aliphatic heterocycles. The van der Waals surface area contributed by atoms with Gasteiger partial charge in [-0.05, 0) is 70.4 Å². The van der Waals surface area contributed by atoms with Gasteiger partial charge < -0.3 is 30.9 Å². The fourth-order valence-electron chi connectivity index (χ4n) is 6.19. The van der Waals surface area contributed by atoms with Crippen LogP contribution in [0.1, 0.15) is 79.3 Å². The molecule has 0 atom stereocenters. The molecule has 13 nitrogen and oxygen atoms in total. The number of aromatic nitrogens is 3. The summed E-state index contributed by atoms with van der Waals surface area (Å²) in [5, 5.41) is 12.9. The average molecular weight is 951 g/mol. The number of benzene rings is 1. The van der Waals surface area contributed by atoms with Crippen LogP contribution in [-0.4, -0.2) is 102 Å². The zero-order chi connectivity index (χ0) is 45.6. The van der Waals surface area contributed by atoms with Crippen LogP contribution < -0.4 is 26.2 Å². The first kappa shape index (κ1) is 52.0. The van der Waals surface area contributed by atoms with E-state index in [9.17, 15) is 14.4 Å². The third-order valence-electron chi connectivity index (χ3n) is 9.56. The lowest BCUT2D eigenvalue weighted by Gasteiger charge is -2.35. The maximum Gasteiger partial charge on any atom is 0.407 e. The predicted octanol–water partition coefficient (Wildman–Crippen LogP) is 10.5. The first-order chi connectivity index (χ1) is 31.2. The molecule has 3 amide bonds. The van der Waals surface area contributed by atoms with Crippen molar-refractivity contribution < 1.29 is 19.1 Å². The third kappa shape index (κ3) is 21.4. The summed E-state index contributed by atoms with van der Waals surface area (Å²) in [4.78, 5) is 55.8. The smallest absolute Gasteiger partial charge is 0.407 e. The summed E-state index contributed by atoms with van der Waals surface area (Å²) in [7, 11) is 3.34. The number of halogens is 1. The summed E-state index contributed by atoms with van der Waals surface area (Å²) >= 11 is 7.51. The van der Waals surface area contributed by atoms with E-state index in [-0.39, 0.29) is 11.8 Å². The molecule has 0 aliphatic carbocycles. The fourth-order valence-corrected chi connectivity index (χ4v) is 8.99. The number of piperazine rings is 1. The predicted molar refractivity (Wildman–Crippen MR) is 271 cm³/mol. The van der Waals surface area contributed by atoms with Crippen LogP contribution in [0.25, 0.3) is 0 Å². The van der Waals surface area contributed by atoms with E-state index >= 15 is 0 Å². The Morgan fingerprint density at radius 2 is 1.52 bits per heavy atom. The highest BCUT2D eigenvalue weighted by molar-refractivity contribution is 8.76. The first-order valence-electron chi connectivity index (χ1n) is 22.0. The Morgan fingerprint density at radius 1 is 0.859 bits per heavy atom. The fraction of sp³-hybridized carbons (Fsp3) is 0.447. The number of hydrogen-bond acceptors (Lipinski definition) is 13. The second-order valence-corrected chi connectivity index (χ2v) is 18.8. The molecule has 0 unspecified atom stereocenters. The maximum atomic E-state index is 12.9. The number of carbonyl (C=O) groups excluding carboxylic acids is 3. The van der Waals surface area contributed by atoms with E-state index in [1.54, 1.807) is 27.7 Å². The monoisotopic (exact) mass is 949 g/mol. The van der Waals surface area contributed by atoms with Gasteiger partial charge in [-0.15, -0.1) is 0 Å². The summed E-state index contributed by atoms with van der Waals surface area (Å²) in [6, 6.07) is 7.35. The molecule has 0 spiro atoms. The zero-order valence-corrected chi connectivity index (χ0v) is 40.6. The van der Waals surface area contributed by atoms with Crippen molar-refractivity contribution in [3.05, 3.63) is 113 Å². The molecule has 1 aromatic carbocycles. The average Bonchev–Trinajstić information content (AvgIpc) is 3.75. The molecule has 64 heavy (non-hydrogen) atoms. The molecule has 1 fully saturated rings. The zero-order valence-electron chi connectivity index (χ0n) is 37.4. The molecule has 2 aromatic heterocycles. The standard InChI is InChI=1S/C47H64ClN9O4S3/c1-4-5-6-7-8-9-10-11-12-13-14-15-16-17-18-19-20-24-43(58)49-25-33-62-63-34-26-50-47(60)61-32-31-56-27-29-57(30-28-56)42-35-41(52-38(3)53-42)54-46-51-36-40(64-46)45(59)55-44-37(2)22-21-23-39(44)48/h5-6,8-9,11-12,14-15,17-18,21-23,35-36H,4,7,10,13,16,19-20,24-34H2,1-3H3,(H,49,58)(H,50,60)(H,55,59)(H,51,52,53,54). The van der Waals surface area contributed by atoms with Crippen molar-refractivity contribution in [1.29, 1.82) is 0 Å². The number of hydrogen-bond donors (Lipinski definition) is 4. The summed E-state index contributed by atoms with van der Waals surface area (Å²) < 4.78 is 5.42. The molecule has 1 saturated heterocycles. The van der Waals surface area contributed by atoms with Gasteiger partial charge in [0.2, 0.25) is 5.91 Å². The summed E-state index contributed by atoms with van der Waals surface area (Å²) in [6.07, 6.45) is 30.2. The van der Waals surface area contributed by atoms with Gasteiger partial charge >= 0.3 is 6.09 Å². The Balaban J connectivity index is 0.966. The van der Waals surface area contributed by atoms with Gasteiger partial charge in [0, 0.05) is 69.8 Å². The van der Waals surface area contributed by atoms with Crippen LogP contribution in [-0.2, 0) is 9.53 Å². The second kappa shape index (κ2) is 31.3. The van der Waals surface area contributed by atoms with E-state index in [4.69, 9.17) is 16.3 Å². The second-order valence-electron chi connectivity index (χ2n) is 14.7. The highest BCUT2D eigenvalue weighted by Crippen LogP contribution is 2.28. The Morgan fingerprint density at radius 3 is 2.19 bits per heavy atom. The number of nitrogens with zero attached hydrogens (tertiary/aromatic N) is 5. The molecule has 0 bridgehead atoms. The number of para-hydroxylation sites is 1. The molecular weight excluding hydrogens is 886 g/mol. The van der Waals surface area contributed by atoms with Gasteiger partial charge in [0.15, 0.2) is 5.13 Å². The van der Waals surface area contributed by atoms with Crippen molar-refractivity contribution in [2.45, 2.75) is 72.1 Å². The van der Waals surface area contributed by atoms with E-state index in [1.807, 2.05) is 32.0 Å².